The first-order valence-electron chi connectivity index (χ1n) is 8.25. The van der Waals surface area contributed by atoms with E-state index < -0.39 is 5.54 Å². The van der Waals surface area contributed by atoms with Crippen LogP contribution in [0, 0.1) is 0 Å². The molecule has 0 aromatic carbocycles. The highest BCUT2D eigenvalue weighted by Crippen LogP contribution is 2.28. The first-order chi connectivity index (χ1) is 11.8. The normalized spacial score (nSPS) is 12.1. The SMILES string of the molecule is CC(C)n1ncc2c(C(=O)NCC(C)(C)N)cc(-c3cccs3)nc21. The minimum absolute atomic E-state index is 0.155. The van der Waals surface area contributed by atoms with Gasteiger partial charge in [-0.2, -0.15) is 5.10 Å². The van der Waals surface area contributed by atoms with Crippen LogP contribution in [0.2, 0.25) is 0 Å². The molecule has 0 spiro atoms. The van der Waals surface area contributed by atoms with E-state index in [-0.39, 0.29) is 11.9 Å². The Bertz CT molecular complexity index is 890. The molecule has 0 unspecified atom stereocenters. The van der Waals surface area contributed by atoms with Crippen LogP contribution in [-0.4, -0.2) is 32.8 Å². The summed E-state index contributed by atoms with van der Waals surface area (Å²) in [5.41, 5.74) is 7.59. The second-order valence-corrected chi connectivity index (χ2v) is 8.07. The van der Waals surface area contributed by atoms with Crippen molar-refractivity contribution >= 4 is 28.3 Å². The standard InChI is InChI=1S/C18H23N5OS/c1-11(2)23-16-13(9-21-23)12(17(24)20-10-18(3,4)19)8-14(22-16)15-6-5-7-25-15/h5-9,11H,10,19H2,1-4H3,(H,20,24). The summed E-state index contributed by atoms with van der Waals surface area (Å²) in [6.45, 7) is 8.24. The lowest BCUT2D eigenvalue weighted by Gasteiger charge is -2.19. The van der Waals surface area contributed by atoms with Gasteiger partial charge in [-0.25, -0.2) is 9.67 Å². The molecule has 0 fully saturated rings. The molecule has 3 aromatic heterocycles. The van der Waals surface area contributed by atoms with Crippen molar-refractivity contribution in [2.24, 2.45) is 5.73 Å². The third-order valence-corrected chi connectivity index (χ3v) is 4.67. The van der Waals surface area contributed by atoms with Crippen LogP contribution in [0.25, 0.3) is 21.6 Å². The zero-order chi connectivity index (χ0) is 18.2. The molecule has 6 nitrogen and oxygen atoms in total. The highest BCUT2D eigenvalue weighted by molar-refractivity contribution is 7.13. The van der Waals surface area contributed by atoms with Gasteiger partial charge in [0.05, 0.1) is 27.7 Å². The molecule has 0 atom stereocenters. The van der Waals surface area contributed by atoms with Gasteiger partial charge in [-0.3, -0.25) is 4.79 Å². The summed E-state index contributed by atoms with van der Waals surface area (Å²) < 4.78 is 1.84. The number of carbonyl (C=O) groups excluding carboxylic acids is 1. The monoisotopic (exact) mass is 357 g/mol. The summed E-state index contributed by atoms with van der Waals surface area (Å²) in [6.07, 6.45) is 1.71. The number of nitrogens with zero attached hydrogens (tertiary/aromatic N) is 3. The molecule has 0 bridgehead atoms. The second kappa shape index (κ2) is 6.57. The summed E-state index contributed by atoms with van der Waals surface area (Å²) in [5.74, 6) is -0.160. The number of hydrogen-bond acceptors (Lipinski definition) is 5. The summed E-state index contributed by atoms with van der Waals surface area (Å²) in [4.78, 5) is 18.6. The van der Waals surface area contributed by atoms with Crippen LogP contribution in [0.1, 0.15) is 44.1 Å². The Labute approximate surface area is 151 Å². The lowest BCUT2D eigenvalue weighted by Crippen LogP contribution is -2.45. The van der Waals surface area contributed by atoms with Crippen molar-refractivity contribution in [3.8, 4) is 10.6 Å². The molecular weight excluding hydrogens is 334 g/mol. The molecule has 0 aliphatic heterocycles. The van der Waals surface area contributed by atoms with Gasteiger partial charge in [0.25, 0.3) is 5.91 Å². The van der Waals surface area contributed by atoms with E-state index in [0.29, 0.717) is 12.1 Å². The lowest BCUT2D eigenvalue weighted by atomic mass is 10.1. The van der Waals surface area contributed by atoms with Crippen LogP contribution in [0.3, 0.4) is 0 Å². The molecule has 0 saturated heterocycles. The Morgan fingerprint density at radius 3 is 2.80 bits per heavy atom. The van der Waals surface area contributed by atoms with Crippen molar-refractivity contribution < 1.29 is 4.79 Å². The fraction of sp³-hybridized carbons (Fsp3) is 0.389. The summed E-state index contributed by atoms with van der Waals surface area (Å²) in [6, 6.07) is 5.96. The third-order valence-electron chi connectivity index (χ3n) is 3.78. The van der Waals surface area contributed by atoms with Gasteiger partial charge < -0.3 is 11.1 Å². The molecule has 3 N–H and O–H groups in total. The predicted octanol–water partition coefficient (Wildman–Crippen LogP) is 3.21. The number of fused-ring (bicyclic) bond motifs is 1. The number of aromatic nitrogens is 3. The number of nitrogens with two attached hydrogens (primary N) is 1. The largest absolute Gasteiger partial charge is 0.350 e. The van der Waals surface area contributed by atoms with E-state index in [0.717, 1.165) is 21.6 Å². The molecule has 3 heterocycles. The van der Waals surface area contributed by atoms with E-state index in [1.807, 2.05) is 56.0 Å². The third kappa shape index (κ3) is 3.72. The Balaban J connectivity index is 2.11. The topological polar surface area (TPSA) is 85.8 Å². The number of hydrogen-bond donors (Lipinski definition) is 2. The summed E-state index contributed by atoms with van der Waals surface area (Å²) in [5, 5.41) is 10.1. The van der Waals surface area contributed by atoms with Gasteiger partial charge >= 0.3 is 0 Å². The van der Waals surface area contributed by atoms with Crippen LogP contribution in [-0.2, 0) is 0 Å². The Morgan fingerprint density at radius 2 is 2.20 bits per heavy atom. The number of nitrogens with one attached hydrogen (secondary N) is 1. The zero-order valence-corrected chi connectivity index (χ0v) is 15.7. The number of amides is 1. The molecule has 0 radical (unpaired) electrons. The van der Waals surface area contributed by atoms with Gasteiger partial charge in [0.2, 0.25) is 0 Å². The van der Waals surface area contributed by atoms with Gasteiger partial charge in [0.1, 0.15) is 0 Å². The minimum atomic E-state index is -0.472. The van der Waals surface area contributed by atoms with Crippen molar-refractivity contribution in [1.29, 1.82) is 0 Å². The molecule has 3 rings (SSSR count). The maximum absolute atomic E-state index is 12.8. The van der Waals surface area contributed by atoms with Gasteiger partial charge in [0.15, 0.2) is 5.65 Å². The van der Waals surface area contributed by atoms with Crippen molar-refractivity contribution in [2.45, 2.75) is 39.3 Å². The van der Waals surface area contributed by atoms with Gasteiger partial charge in [-0.1, -0.05) is 6.07 Å². The first-order valence-corrected chi connectivity index (χ1v) is 9.13. The van der Waals surface area contributed by atoms with E-state index in [4.69, 9.17) is 10.7 Å². The fourth-order valence-corrected chi connectivity index (χ4v) is 3.22. The molecular formula is C18H23N5OS. The van der Waals surface area contributed by atoms with Gasteiger partial charge in [0, 0.05) is 18.1 Å². The zero-order valence-electron chi connectivity index (χ0n) is 14.9. The summed E-state index contributed by atoms with van der Waals surface area (Å²) in [7, 11) is 0. The Morgan fingerprint density at radius 1 is 1.44 bits per heavy atom. The molecule has 132 valence electrons. The molecule has 7 heteroatoms. The first kappa shape index (κ1) is 17.6. The van der Waals surface area contributed by atoms with E-state index >= 15 is 0 Å². The minimum Gasteiger partial charge on any atom is -0.350 e. The van der Waals surface area contributed by atoms with Gasteiger partial charge in [-0.05, 0) is 45.2 Å². The number of rotatable bonds is 5. The van der Waals surface area contributed by atoms with Crippen LogP contribution < -0.4 is 11.1 Å². The lowest BCUT2D eigenvalue weighted by molar-refractivity contribution is 0.0947. The summed E-state index contributed by atoms with van der Waals surface area (Å²) >= 11 is 1.60. The van der Waals surface area contributed by atoms with Crippen LogP contribution in [0.4, 0.5) is 0 Å². The maximum Gasteiger partial charge on any atom is 0.252 e. The number of thiophene rings is 1. The molecule has 0 saturated carbocycles. The smallest absolute Gasteiger partial charge is 0.252 e. The second-order valence-electron chi connectivity index (χ2n) is 7.12. The Hall–Kier alpha value is -2.25. The quantitative estimate of drug-likeness (QED) is 0.734. The van der Waals surface area contributed by atoms with Gasteiger partial charge in [-0.15, -0.1) is 11.3 Å². The maximum atomic E-state index is 12.8. The average molecular weight is 357 g/mol. The fourth-order valence-electron chi connectivity index (χ4n) is 2.54. The molecule has 0 aliphatic rings. The van der Waals surface area contributed by atoms with E-state index in [1.54, 1.807) is 17.5 Å². The number of carbonyl (C=O) groups is 1. The number of pyridine rings is 1. The average Bonchev–Trinajstić information content (AvgIpc) is 3.19. The Kier molecular flexibility index (Phi) is 4.62. The predicted molar refractivity (Wildman–Crippen MR) is 102 cm³/mol. The highest BCUT2D eigenvalue weighted by atomic mass is 32.1. The molecule has 0 aliphatic carbocycles. The highest BCUT2D eigenvalue weighted by Gasteiger charge is 2.20. The van der Waals surface area contributed by atoms with Crippen molar-refractivity contribution in [1.82, 2.24) is 20.1 Å². The van der Waals surface area contributed by atoms with Crippen LogP contribution >= 0.6 is 11.3 Å². The molecule has 25 heavy (non-hydrogen) atoms. The van der Waals surface area contributed by atoms with E-state index in [1.165, 1.54) is 0 Å². The van der Waals surface area contributed by atoms with E-state index in [9.17, 15) is 4.79 Å². The van der Waals surface area contributed by atoms with E-state index in [2.05, 4.69) is 10.4 Å². The van der Waals surface area contributed by atoms with Crippen LogP contribution in [0.15, 0.2) is 29.8 Å². The van der Waals surface area contributed by atoms with Crippen molar-refractivity contribution in [3.63, 3.8) is 0 Å². The van der Waals surface area contributed by atoms with Crippen LogP contribution in [0.5, 0.6) is 0 Å². The van der Waals surface area contributed by atoms with Crippen molar-refractivity contribution in [2.75, 3.05) is 6.54 Å². The molecule has 1 amide bonds. The van der Waals surface area contributed by atoms with Crippen molar-refractivity contribution in [3.05, 3.63) is 35.3 Å². The molecule has 3 aromatic rings.